The van der Waals surface area contributed by atoms with E-state index in [4.69, 9.17) is 5.11 Å². The minimum absolute atomic E-state index is 0.156. The molecule has 0 aromatic heterocycles. The van der Waals surface area contributed by atoms with Crippen molar-refractivity contribution >= 4 is 12.0 Å². The van der Waals surface area contributed by atoms with Gasteiger partial charge in [-0.3, -0.25) is 4.79 Å². The predicted molar refractivity (Wildman–Crippen MR) is 78.9 cm³/mol. The van der Waals surface area contributed by atoms with Crippen LogP contribution in [0.1, 0.15) is 45.4 Å². The minimum Gasteiger partial charge on any atom is -0.480 e. The number of fused-ring (bicyclic) bond motifs is 2. The number of carboxylic acid groups (broad SMARTS) is 1. The molecule has 0 heterocycles. The van der Waals surface area contributed by atoms with Crippen molar-refractivity contribution in [2.75, 3.05) is 13.1 Å². The highest BCUT2D eigenvalue weighted by molar-refractivity contribution is 5.80. The van der Waals surface area contributed by atoms with Gasteiger partial charge >= 0.3 is 12.0 Å². The molecule has 5 nitrogen and oxygen atoms in total. The second kappa shape index (κ2) is 5.85. The third kappa shape index (κ3) is 3.50. The van der Waals surface area contributed by atoms with Crippen LogP contribution >= 0.6 is 0 Å². The maximum Gasteiger partial charge on any atom is 0.323 e. The van der Waals surface area contributed by atoms with E-state index in [1.807, 2.05) is 0 Å². The smallest absolute Gasteiger partial charge is 0.323 e. The van der Waals surface area contributed by atoms with Crippen LogP contribution in [0.3, 0.4) is 0 Å². The van der Waals surface area contributed by atoms with Crippen LogP contribution in [0.2, 0.25) is 0 Å². The molecule has 0 aromatic rings. The van der Waals surface area contributed by atoms with Crippen LogP contribution in [0, 0.1) is 23.7 Å². The van der Waals surface area contributed by atoms with E-state index in [1.165, 1.54) is 30.6 Å². The van der Waals surface area contributed by atoms with Gasteiger partial charge in [0.2, 0.25) is 0 Å². The average molecular weight is 294 g/mol. The number of rotatable bonds is 6. The molecule has 3 saturated carbocycles. The van der Waals surface area contributed by atoms with Crippen molar-refractivity contribution in [3.8, 4) is 0 Å². The molecule has 5 heteroatoms. The Labute approximate surface area is 126 Å². The van der Waals surface area contributed by atoms with Crippen molar-refractivity contribution in [2.24, 2.45) is 23.7 Å². The van der Waals surface area contributed by atoms with E-state index in [0.29, 0.717) is 18.4 Å². The topological polar surface area (TPSA) is 69.6 Å². The van der Waals surface area contributed by atoms with Gasteiger partial charge in [0.25, 0.3) is 0 Å². The van der Waals surface area contributed by atoms with Crippen molar-refractivity contribution in [3.05, 3.63) is 0 Å². The van der Waals surface area contributed by atoms with E-state index < -0.39 is 5.97 Å². The number of urea groups is 1. The van der Waals surface area contributed by atoms with Crippen molar-refractivity contribution in [3.63, 3.8) is 0 Å². The van der Waals surface area contributed by atoms with E-state index >= 15 is 0 Å². The molecule has 3 aliphatic carbocycles. The Morgan fingerprint density at radius 2 is 2.00 bits per heavy atom. The number of nitrogens with zero attached hydrogens (tertiary/aromatic N) is 1. The number of carbonyl (C=O) groups excluding carboxylic acids is 1. The molecule has 21 heavy (non-hydrogen) atoms. The van der Waals surface area contributed by atoms with Gasteiger partial charge in [-0.15, -0.1) is 0 Å². The first-order valence-corrected chi connectivity index (χ1v) is 8.30. The van der Waals surface area contributed by atoms with Gasteiger partial charge in [-0.2, -0.15) is 0 Å². The van der Waals surface area contributed by atoms with Crippen LogP contribution in [-0.2, 0) is 4.79 Å². The maximum atomic E-state index is 12.4. The summed E-state index contributed by atoms with van der Waals surface area (Å²) in [5, 5.41) is 12.0. The first kappa shape index (κ1) is 14.7. The lowest BCUT2D eigenvalue weighted by atomic mass is 9.84. The molecule has 4 unspecified atom stereocenters. The number of aliphatic carboxylic acids is 1. The normalized spacial score (nSPS) is 32.0. The summed E-state index contributed by atoms with van der Waals surface area (Å²) in [6.07, 6.45) is 7.45. The monoisotopic (exact) mass is 294 g/mol. The van der Waals surface area contributed by atoms with Gasteiger partial charge < -0.3 is 15.3 Å². The summed E-state index contributed by atoms with van der Waals surface area (Å²) in [5.41, 5.74) is 0. The second-order valence-corrected chi connectivity index (χ2v) is 7.29. The van der Waals surface area contributed by atoms with Crippen LogP contribution in [0.25, 0.3) is 0 Å². The molecular weight excluding hydrogens is 268 g/mol. The number of carbonyl (C=O) groups is 2. The summed E-state index contributed by atoms with van der Waals surface area (Å²) < 4.78 is 0. The van der Waals surface area contributed by atoms with Crippen molar-refractivity contribution in [2.45, 2.75) is 51.5 Å². The third-order valence-corrected chi connectivity index (χ3v) is 5.58. The zero-order chi connectivity index (χ0) is 15.0. The molecular formula is C16H26N2O3. The molecule has 0 aromatic carbocycles. The highest BCUT2D eigenvalue weighted by Gasteiger charge is 2.42. The van der Waals surface area contributed by atoms with Crippen LogP contribution < -0.4 is 5.32 Å². The first-order valence-electron chi connectivity index (χ1n) is 8.30. The SMILES string of the molecule is CC(NC(=O)N(CC(=O)O)CC1CC1)C1CC2CCC1C2. The van der Waals surface area contributed by atoms with Crippen LogP contribution in [0.15, 0.2) is 0 Å². The molecule has 3 aliphatic rings. The van der Waals surface area contributed by atoms with Gasteiger partial charge in [0, 0.05) is 12.6 Å². The molecule has 4 atom stereocenters. The molecule has 0 aliphatic heterocycles. The summed E-state index contributed by atoms with van der Waals surface area (Å²) in [5.74, 6) is 1.79. The molecule has 0 saturated heterocycles. The molecule has 3 fully saturated rings. The van der Waals surface area contributed by atoms with Crippen LogP contribution in [0.5, 0.6) is 0 Å². The number of hydrogen-bond acceptors (Lipinski definition) is 2. The summed E-state index contributed by atoms with van der Waals surface area (Å²) in [4.78, 5) is 24.8. The van der Waals surface area contributed by atoms with Gasteiger partial charge in [-0.1, -0.05) is 6.42 Å². The lowest BCUT2D eigenvalue weighted by Gasteiger charge is -2.31. The number of carboxylic acids is 1. The van der Waals surface area contributed by atoms with Crippen molar-refractivity contribution < 1.29 is 14.7 Å². The molecule has 0 radical (unpaired) electrons. The Bertz CT molecular complexity index is 422. The van der Waals surface area contributed by atoms with Crippen molar-refractivity contribution in [1.29, 1.82) is 0 Å². The Morgan fingerprint density at radius 3 is 2.52 bits per heavy atom. The van der Waals surface area contributed by atoms with Gasteiger partial charge in [0.15, 0.2) is 0 Å². The van der Waals surface area contributed by atoms with Crippen LogP contribution in [0.4, 0.5) is 4.79 Å². The summed E-state index contributed by atoms with van der Waals surface area (Å²) >= 11 is 0. The van der Waals surface area contributed by atoms with E-state index in [2.05, 4.69) is 12.2 Å². The Morgan fingerprint density at radius 1 is 1.24 bits per heavy atom. The fraction of sp³-hybridized carbons (Fsp3) is 0.875. The maximum absolute atomic E-state index is 12.4. The largest absolute Gasteiger partial charge is 0.480 e. The highest BCUT2D eigenvalue weighted by Crippen LogP contribution is 2.49. The lowest BCUT2D eigenvalue weighted by molar-refractivity contribution is -0.137. The highest BCUT2D eigenvalue weighted by atomic mass is 16.4. The fourth-order valence-corrected chi connectivity index (χ4v) is 4.29. The van der Waals surface area contributed by atoms with E-state index in [9.17, 15) is 9.59 Å². The Balaban J connectivity index is 1.53. The van der Waals surface area contributed by atoms with E-state index in [1.54, 1.807) is 0 Å². The summed E-state index contributed by atoms with van der Waals surface area (Å²) in [6.45, 7) is 2.48. The van der Waals surface area contributed by atoms with E-state index in [-0.39, 0.29) is 18.6 Å². The van der Waals surface area contributed by atoms with Gasteiger partial charge in [0.05, 0.1) is 0 Å². The molecule has 2 bridgehead atoms. The molecule has 2 N–H and O–H groups in total. The molecule has 0 spiro atoms. The second-order valence-electron chi connectivity index (χ2n) is 7.29. The predicted octanol–water partition coefficient (Wildman–Crippen LogP) is 2.32. The zero-order valence-electron chi connectivity index (χ0n) is 12.8. The third-order valence-electron chi connectivity index (χ3n) is 5.58. The Kier molecular flexibility index (Phi) is 4.09. The quantitative estimate of drug-likeness (QED) is 0.790. The van der Waals surface area contributed by atoms with Gasteiger partial charge in [0.1, 0.15) is 6.54 Å². The number of amides is 2. The van der Waals surface area contributed by atoms with Gasteiger partial charge in [-0.05, 0) is 62.7 Å². The fourth-order valence-electron chi connectivity index (χ4n) is 4.29. The van der Waals surface area contributed by atoms with Crippen LogP contribution in [-0.4, -0.2) is 41.1 Å². The summed E-state index contributed by atoms with van der Waals surface area (Å²) in [6, 6.07) is -0.0390. The lowest BCUT2D eigenvalue weighted by Crippen LogP contribution is -2.49. The zero-order valence-corrected chi connectivity index (χ0v) is 12.8. The van der Waals surface area contributed by atoms with E-state index in [0.717, 1.165) is 24.7 Å². The number of hydrogen-bond donors (Lipinski definition) is 2. The molecule has 2 amide bonds. The van der Waals surface area contributed by atoms with Gasteiger partial charge in [-0.25, -0.2) is 4.79 Å². The molecule has 118 valence electrons. The summed E-state index contributed by atoms with van der Waals surface area (Å²) in [7, 11) is 0. The standard InChI is InChI=1S/C16H26N2O3/c1-10(14-7-12-4-5-13(14)6-12)17-16(21)18(9-15(19)20)8-11-2-3-11/h10-14H,2-9H2,1H3,(H,17,21)(H,19,20). The minimum atomic E-state index is -0.932. The van der Waals surface area contributed by atoms with Crippen molar-refractivity contribution in [1.82, 2.24) is 10.2 Å². The Hall–Kier alpha value is -1.26. The average Bonchev–Trinajstić information content (AvgIpc) is 2.99. The first-order chi connectivity index (χ1) is 10.0. The molecule has 3 rings (SSSR count). The number of nitrogens with one attached hydrogen (secondary N) is 1.